The van der Waals surface area contributed by atoms with Crippen LogP contribution in [0.3, 0.4) is 0 Å². The van der Waals surface area contributed by atoms with Crippen molar-refractivity contribution in [2.24, 2.45) is 0 Å². The van der Waals surface area contributed by atoms with Crippen molar-refractivity contribution in [1.29, 1.82) is 0 Å². The molecule has 0 amide bonds. The molecule has 0 saturated carbocycles. The highest BCUT2D eigenvalue weighted by molar-refractivity contribution is 5.54. The fraction of sp³-hybridized carbons (Fsp3) is 0.583. The van der Waals surface area contributed by atoms with Gasteiger partial charge in [0.25, 0.3) is 0 Å². The fourth-order valence-electron chi connectivity index (χ4n) is 1.16. The number of ether oxygens (including phenoxy) is 1. The van der Waals surface area contributed by atoms with Gasteiger partial charge in [0.2, 0.25) is 5.88 Å². The van der Waals surface area contributed by atoms with Crippen LogP contribution in [0.15, 0.2) is 12.1 Å². The Morgan fingerprint density at radius 2 is 1.88 bits per heavy atom. The molecule has 0 spiro atoms. The van der Waals surface area contributed by atoms with Gasteiger partial charge in [0.15, 0.2) is 0 Å². The van der Waals surface area contributed by atoms with E-state index in [4.69, 9.17) is 10.5 Å². The average Bonchev–Trinajstić information content (AvgIpc) is 2.19. The lowest BCUT2D eigenvalue weighted by atomic mass is 9.86. The predicted molar refractivity (Wildman–Crippen MR) is 69.2 cm³/mol. The maximum absolute atomic E-state index is 10.0. The van der Waals surface area contributed by atoms with Crippen LogP contribution < -0.4 is 15.8 Å². The van der Waals surface area contributed by atoms with Crippen LogP contribution in [0.4, 0.5) is 11.5 Å². The minimum Gasteiger partial charge on any atom is -0.479 e. The van der Waals surface area contributed by atoms with E-state index in [1.165, 1.54) is 7.11 Å². The molecule has 0 atom stereocenters. The molecule has 1 aromatic rings. The highest BCUT2D eigenvalue weighted by Gasteiger charge is 2.35. The first kappa shape index (κ1) is 13.6. The second-order valence-electron chi connectivity index (χ2n) is 5.10. The summed E-state index contributed by atoms with van der Waals surface area (Å²) in [5.41, 5.74) is 4.76. The van der Waals surface area contributed by atoms with Gasteiger partial charge in [-0.3, -0.25) is 0 Å². The number of nitrogens with one attached hydrogen (secondary N) is 1. The van der Waals surface area contributed by atoms with E-state index >= 15 is 0 Å². The average molecular weight is 239 g/mol. The maximum Gasteiger partial charge on any atom is 0.238 e. The quantitative estimate of drug-likeness (QED) is 0.744. The number of aliphatic hydroxyl groups is 1. The summed E-state index contributed by atoms with van der Waals surface area (Å²) in [5.74, 6) is 0.990. The number of hydrogen-bond donors (Lipinski definition) is 3. The molecule has 4 N–H and O–H groups in total. The molecular weight excluding hydrogens is 218 g/mol. The first-order valence-corrected chi connectivity index (χ1v) is 5.48. The Hall–Kier alpha value is -1.49. The van der Waals surface area contributed by atoms with Crippen molar-refractivity contribution in [3.05, 3.63) is 12.1 Å². The zero-order valence-corrected chi connectivity index (χ0v) is 11.0. The lowest BCUT2D eigenvalue weighted by Gasteiger charge is -2.38. The van der Waals surface area contributed by atoms with Gasteiger partial charge in [-0.05, 0) is 39.8 Å². The Kier molecular flexibility index (Phi) is 3.52. The summed E-state index contributed by atoms with van der Waals surface area (Å²) >= 11 is 0. The highest BCUT2D eigenvalue weighted by Crippen LogP contribution is 2.27. The fourth-order valence-corrected chi connectivity index (χ4v) is 1.16. The summed E-state index contributed by atoms with van der Waals surface area (Å²) in [6.07, 6.45) is 0. The van der Waals surface area contributed by atoms with E-state index in [1.807, 2.05) is 13.8 Å². The number of nitrogens with two attached hydrogens (primary N) is 1. The van der Waals surface area contributed by atoms with Gasteiger partial charge in [-0.2, -0.15) is 4.98 Å². The van der Waals surface area contributed by atoms with Crippen molar-refractivity contribution >= 4 is 11.5 Å². The van der Waals surface area contributed by atoms with Gasteiger partial charge in [0.05, 0.1) is 23.9 Å². The number of rotatable bonds is 4. The normalized spacial score (nSPS) is 12.4. The Bertz CT molecular complexity index is 397. The zero-order chi connectivity index (χ0) is 13.3. The SMILES string of the molecule is COc1nc(NC(C)(C)C(C)(C)O)ccc1N. The number of nitrogens with zero attached hydrogens (tertiary/aromatic N) is 1. The number of aromatic nitrogens is 1. The third-order valence-electron chi connectivity index (χ3n) is 3.05. The van der Waals surface area contributed by atoms with Crippen LogP contribution >= 0.6 is 0 Å². The molecule has 0 aromatic carbocycles. The summed E-state index contributed by atoms with van der Waals surface area (Å²) in [6.45, 7) is 7.29. The van der Waals surface area contributed by atoms with E-state index in [9.17, 15) is 5.11 Å². The van der Waals surface area contributed by atoms with Gasteiger partial charge < -0.3 is 20.9 Å². The first-order valence-electron chi connectivity index (χ1n) is 5.48. The van der Waals surface area contributed by atoms with Crippen LogP contribution in [0, 0.1) is 0 Å². The second-order valence-corrected chi connectivity index (χ2v) is 5.10. The molecule has 5 heteroatoms. The number of anilines is 2. The van der Waals surface area contributed by atoms with Gasteiger partial charge in [0.1, 0.15) is 5.82 Å². The monoisotopic (exact) mass is 239 g/mol. The van der Waals surface area contributed by atoms with Gasteiger partial charge in [0, 0.05) is 0 Å². The third-order valence-corrected chi connectivity index (χ3v) is 3.05. The Morgan fingerprint density at radius 3 is 2.35 bits per heavy atom. The van der Waals surface area contributed by atoms with E-state index in [1.54, 1.807) is 26.0 Å². The third kappa shape index (κ3) is 3.00. The van der Waals surface area contributed by atoms with E-state index < -0.39 is 11.1 Å². The molecule has 17 heavy (non-hydrogen) atoms. The predicted octanol–water partition coefficient (Wildman–Crippen LogP) is 1.63. The second kappa shape index (κ2) is 4.41. The molecule has 0 aliphatic rings. The minimum absolute atomic E-state index is 0.376. The molecule has 0 unspecified atom stereocenters. The van der Waals surface area contributed by atoms with E-state index in [-0.39, 0.29) is 0 Å². The van der Waals surface area contributed by atoms with Crippen LogP contribution in [0.1, 0.15) is 27.7 Å². The molecule has 0 saturated heterocycles. The van der Waals surface area contributed by atoms with Crippen molar-refractivity contribution in [3.8, 4) is 5.88 Å². The number of hydrogen-bond acceptors (Lipinski definition) is 5. The lowest BCUT2D eigenvalue weighted by molar-refractivity contribution is 0.0238. The molecule has 0 aliphatic heterocycles. The van der Waals surface area contributed by atoms with Crippen molar-refractivity contribution in [1.82, 2.24) is 4.98 Å². The molecular formula is C12H21N3O2. The van der Waals surface area contributed by atoms with Crippen molar-refractivity contribution in [2.75, 3.05) is 18.2 Å². The zero-order valence-electron chi connectivity index (χ0n) is 11.0. The summed E-state index contributed by atoms with van der Waals surface area (Å²) < 4.78 is 5.05. The van der Waals surface area contributed by atoms with Gasteiger partial charge in [-0.1, -0.05) is 0 Å². The molecule has 5 nitrogen and oxygen atoms in total. The van der Waals surface area contributed by atoms with E-state index in [0.29, 0.717) is 17.4 Å². The molecule has 0 radical (unpaired) electrons. The smallest absolute Gasteiger partial charge is 0.238 e. The molecule has 1 rings (SSSR count). The van der Waals surface area contributed by atoms with E-state index in [2.05, 4.69) is 10.3 Å². The van der Waals surface area contributed by atoms with E-state index in [0.717, 1.165) is 0 Å². The summed E-state index contributed by atoms with van der Waals surface area (Å²) in [5, 5.41) is 13.2. The van der Waals surface area contributed by atoms with Crippen LogP contribution in [0.2, 0.25) is 0 Å². The molecule has 1 heterocycles. The van der Waals surface area contributed by atoms with Crippen LogP contribution in [-0.4, -0.2) is 28.3 Å². The largest absolute Gasteiger partial charge is 0.479 e. The Labute approximate surface area is 102 Å². The molecule has 0 aliphatic carbocycles. The van der Waals surface area contributed by atoms with Gasteiger partial charge >= 0.3 is 0 Å². The Balaban J connectivity index is 2.96. The highest BCUT2D eigenvalue weighted by atomic mass is 16.5. The standard InChI is InChI=1S/C12H21N3O2/c1-11(2,12(3,4)16)15-9-7-6-8(13)10(14-9)17-5/h6-7,16H,13H2,1-5H3,(H,14,15). The van der Waals surface area contributed by atoms with Crippen molar-refractivity contribution in [3.63, 3.8) is 0 Å². The summed E-state index contributed by atoms with van der Waals surface area (Å²) in [7, 11) is 1.52. The first-order chi connectivity index (χ1) is 7.67. The molecule has 1 aromatic heterocycles. The molecule has 96 valence electrons. The van der Waals surface area contributed by atoms with Crippen LogP contribution in [-0.2, 0) is 0 Å². The molecule has 0 bridgehead atoms. The summed E-state index contributed by atoms with van der Waals surface area (Å²) in [4.78, 5) is 4.22. The van der Waals surface area contributed by atoms with Crippen LogP contribution in [0.25, 0.3) is 0 Å². The maximum atomic E-state index is 10.0. The topological polar surface area (TPSA) is 80.4 Å². The molecule has 0 fully saturated rings. The number of methoxy groups -OCH3 is 1. The van der Waals surface area contributed by atoms with Gasteiger partial charge in [-0.25, -0.2) is 0 Å². The minimum atomic E-state index is -0.886. The lowest BCUT2D eigenvalue weighted by Crippen LogP contribution is -2.51. The Morgan fingerprint density at radius 1 is 1.29 bits per heavy atom. The number of nitrogen functional groups attached to an aromatic ring is 1. The van der Waals surface area contributed by atoms with Crippen LogP contribution in [0.5, 0.6) is 5.88 Å². The van der Waals surface area contributed by atoms with Gasteiger partial charge in [-0.15, -0.1) is 0 Å². The van der Waals surface area contributed by atoms with Crippen molar-refractivity contribution in [2.45, 2.75) is 38.8 Å². The summed E-state index contributed by atoms with van der Waals surface area (Å²) in [6, 6.07) is 3.47. The van der Waals surface area contributed by atoms with Crippen molar-refractivity contribution < 1.29 is 9.84 Å². The number of pyridine rings is 1.